The van der Waals surface area contributed by atoms with Crippen molar-refractivity contribution in [3.63, 3.8) is 0 Å². The van der Waals surface area contributed by atoms with Crippen molar-refractivity contribution in [2.45, 2.75) is 13.0 Å². The van der Waals surface area contributed by atoms with E-state index in [9.17, 15) is 0 Å². The second-order valence-corrected chi connectivity index (χ2v) is 5.28. The van der Waals surface area contributed by atoms with E-state index in [2.05, 4.69) is 12.2 Å². The molecule has 0 spiro atoms. The highest BCUT2D eigenvalue weighted by Gasteiger charge is 2.23. The van der Waals surface area contributed by atoms with Crippen molar-refractivity contribution in [2.24, 2.45) is 5.92 Å². The molecule has 1 fully saturated rings. The molecule has 2 atom stereocenters. The summed E-state index contributed by atoms with van der Waals surface area (Å²) >= 11 is 7.85. The summed E-state index contributed by atoms with van der Waals surface area (Å²) in [4.78, 5) is 0. The van der Waals surface area contributed by atoms with E-state index in [-0.39, 0.29) is 0 Å². The van der Waals surface area contributed by atoms with Gasteiger partial charge in [0.25, 0.3) is 0 Å². The maximum absolute atomic E-state index is 5.83. The van der Waals surface area contributed by atoms with Crippen LogP contribution in [0.5, 0.6) is 0 Å². The monoisotopic (exact) mass is 227 g/mol. The number of thioether (sulfide) groups is 1. The van der Waals surface area contributed by atoms with E-state index >= 15 is 0 Å². The van der Waals surface area contributed by atoms with Crippen LogP contribution in [0, 0.1) is 5.92 Å². The highest BCUT2D eigenvalue weighted by Crippen LogP contribution is 2.26. The van der Waals surface area contributed by atoms with Gasteiger partial charge in [0.05, 0.1) is 0 Å². The number of hydrogen-bond donors (Lipinski definition) is 1. The summed E-state index contributed by atoms with van der Waals surface area (Å²) in [7, 11) is 0. The van der Waals surface area contributed by atoms with Crippen LogP contribution in [0.4, 0.5) is 5.69 Å². The minimum atomic E-state index is 0.612. The normalized spacial score (nSPS) is 26.4. The zero-order valence-corrected chi connectivity index (χ0v) is 9.74. The van der Waals surface area contributed by atoms with Crippen LogP contribution in [0.25, 0.3) is 0 Å². The highest BCUT2D eigenvalue weighted by molar-refractivity contribution is 7.99. The molecule has 1 aromatic rings. The molecular weight excluding hydrogens is 214 g/mol. The fourth-order valence-corrected chi connectivity index (χ4v) is 3.14. The molecule has 0 aliphatic carbocycles. The van der Waals surface area contributed by atoms with Crippen LogP contribution in [0.3, 0.4) is 0 Å². The molecule has 1 nitrogen and oxygen atoms in total. The molecule has 1 saturated heterocycles. The van der Waals surface area contributed by atoms with E-state index < -0.39 is 0 Å². The van der Waals surface area contributed by atoms with Gasteiger partial charge in [-0.2, -0.15) is 11.8 Å². The van der Waals surface area contributed by atoms with Crippen molar-refractivity contribution in [3.8, 4) is 0 Å². The summed E-state index contributed by atoms with van der Waals surface area (Å²) in [6.45, 7) is 2.30. The predicted molar refractivity (Wildman–Crippen MR) is 65.4 cm³/mol. The summed E-state index contributed by atoms with van der Waals surface area (Å²) in [6, 6.07) is 8.55. The van der Waals surface area contributed by atoms with Crippen LogP contribution in [0.15, 0.2) is 24.3 Å². The van der Waals surface area contributed by atoms with Gasteiger partial charge in [-0.05, 0) is 35.9 Å². The number of anilines is 1. The van der Waals surface area contributed by atoms with Crippen molar-refractivity contribution >= 4 is 29.1 Å². The molecule has 0 aromatic heterocycles. The predicted octanol–water partition coefficient (Wildman–Crippen LogP) is 3.50. The van der Waals surface area contributed by atoms with E-state index in [0.717, 1.165) is 10.9 Å². The lowest BCUT2D eigenvalue weighted by molar-refractivity contribution is 0.599. The van der Waals surface area contributed by atoms with Gasteiger partial charge < -0.3 is 5.32 Å². The van der Waals surface area contributed by atoms with E-state index in [0.29, 0.717) is 6.04 Å². The summed E-state index contributed by atoms with van der Waals surface area (Å²) in [5, 5.41) is 4.33. The number of nitrogens with one attached hydrogen (secondary N) is 1. The van der Waals surface area contributed by atoms with Crippen LogP contribution in [0.2, 0.25) is 5.02 Å². The maximum atomic E-state index is 5.83. The Morgan fingerprint density at radius 1 is 1.29 bits per heavy atom. The molecule has 0 radical (unpaired) electrons. The summed E-state index contributed by atoms with van der Waals surface area (Å²) in [6.07, 6.45) is 0. The molecule has 2 rings (SSSR count). The Labute approximate surface area is 94.2 Å². The lowest BCUT2D eigenvalue weighted by atomic mass is 10.1. The lowest BCUT2D eigenvalue weighted by Gasteiger charge is -2.17. The largest absolute Gasteiger partial charge is 0.381 e. The van der Waals surface area contributed by atoms with E-state index in [4.69, 9.17) is 11.6 Å². The lowest BCUT2D eigenvalue weighted by Crippen LogP contribution is -2.25. The first-order chi connectivity index (χ1) is 6.75. The SMILES string of the molecule is CC1CSCC1Nc1ccc(Cl)cc1. The topological polar surface area (TPSA) is 12.0 Å². The standard InChI is InChI=1S/C11H14ClNS/c1-8-6-14-7-11(8)13-10-4-2-9(12)3-5-10/h2-5,8,11,13H,6-7H2,1H3. The summed E-state index contributed by atoms with van der Waals surface area (Å²) in [5.74, 6) is 3.24. The average molecular weight is 228 g/mol. The van der Waals surface area contributed by atoms with Crippen LogP contribution >= 0.6 is 23.4 Å². The Hall–Kier alpha value is -0.340. The molecule has 0 saturated carbocycles. The number of rotatable bonds is 2. The summed E-state index contributed by atoms with van der Waals surface area (Å²) < 4.78 is 0. The number of hydrogen-bond acceptors (Lipinski definition) is 2. The van der Waals surface area contributed by atoms with Gasteiger partial charge in [0.1, 0.15) is 0 Å². The van der Waals surface area contributed by atoms with Gasteiger partial charge in [-0.3, -0.25) is 0 Å². The molecule has 1 heterocycles. The van der Waals surface area contributed by atoms with Gasteiger partial charge in [0.2, 0.25) is 0 Å². The average Bonchev–Trinajstić information content (AvgIpc) is 2.56. The molecule has 0 bridgehead atoms. The van der Waals surface area contributed by atoms with Crippen LogP contribution in [-0.2, 0) is 0 Å². The van der Waals surface area contributed by atoms with Crippen LogP contribution in [-0.4, -0.2) is 17.5 Å². The Kier molecular flexibility index (Phi) is 3.24. The van der Waals surface area contributed by atoms with E-state index in [1.165, 1.54) is 17.2 Å². The van der Waals surface area contributed by atoms with Crippen molar-refractivity contribution in [2.75, 3.05) is 16.8 Å². The fraction of sp³-hybridized carbons (Fsp3) is 0.455. The van der Waals surface area contributed by atoms with Gasteiger partial charge in [-0.1, -0.05) is 18.5 Å². The Morgan fingerprint density at radius 3 is 2.57 bits per heavy atom. The fourth-order valence-electron chi connectivity index (χ4n) is 1.61. The number of benzene rings is 1. The molecule has 3 heteroatoms. The molecule has 1 aliphatic heterocycles. The van der Waals surface area contributed by atoms with Crippen molar-refractivity contribution < 1.29 is 0 Å². The molecule has 76 valence electrons. The Balaban J connectivity index is 2.00. The zero-order chi connectivity index (χ0) is 9.97. The maximum Gasteiger partial charge on any atom is 0.0407 e. The summed E-state index contributed by atoms with van der Waals surface area (Å²) in [5.41, 5.74) is 1.17. The first-order valence-corrected chi connectivity index (χ1v) is 6.39. The van der Waals surface area contributed by atoms with Gasteiger partial charge in [-0.25, -0.2) is 0 Å². The minimum Gasteiger partial charge on any atom is -0.381 e. The van der Waals surface area contributed by atoms with E-state index in [1.807, 2.05) is 36.0 Å². The molecule has 0 amide bonds. The molecule has 1 aromatic carbocycles. The van der Waals surface area contributed by atoms with Crippen LogP contribution < -0.4 is 5.32 Å². The highest BCUT2D eigenvalue weighted by atomic mass is 35.5. The van der Waals surface area contributed by atoms with Crippen molar-refractivity contribution in [1.82, 2.24) is 0 Å². The van der Waals surface area contributed by atoms with Crippen molar-refractivity contribution in [1.29, 1.82) is 0 Å². The van der Waals surface area contributed by atoms with Gasteiger partial charge in [-0.15, -0.1) is 0 Å². The Bertz CT molecular complexity index is 299. The molecule has 14 heavy (non-hydrogen) atoms. The van der Waals surface area contributed by atoms with Gasteiger partial charge >= 0.3 is 0 Å². The van der Waals surface area contributed by atoms with Gasteiger partial charge in [0.15, 0.2) is 0 Å². The Morgan fingerprint density at radius 2 is 2.00 bits per heavy atom. The molecule has 2 unspecified atom stereocenters. The zero-order valence-electron chi connectivity index (χ0n) is 8.16. The third-order valence-electron chi connectivity index (χ3n) is 2.56. The van der Waals surface area contributed by atoms with Crippen molar-refractivity contribution in [3.05, 3.63) is 29.3 Å². The third-order valence-corrected chi connectivity index (χ3v) is 4.17. The first kappa shape index (κ1) is 10.2. The second kappa shape index (κ2) is 4.45. The second-order valence-electron chi connectivity index (χ2n) is 3.77. The smallest absolute Gasteiger partial charge is 0.0407 e. The third kappa shape index (κ3) is 2.37. The number of halogens is 1. The minimum absolute atomic E-state index is 0.612. The van der Waals surface area contributed by atoms with E-state index in [1.54, 1.807) is 0 Å². The first-order valence-electron chi connectivity index (χ1n) is 4.85. The van der Waals surface area contributed by atoms with Gasteiger partial charge in [0, 0.05) is 22.5 Å². The molecular formula is C11H14ClNS. The quantitative estimate of drug-likeness (QED) is 0.830. The molecule has 1 aliphatic rings. The van der Waals surface area contributed by atoms with Crippen LogP contribution in [0.1, 0.15) is 6.92 Å². The molecule has 1 N–H and O–H groups in total.